The minimum absolute atomic E-state index is 0.353. The average molecular weight is 300 g/mol. The van der Waals surface area contributed by atoms with Crippen molar-refractivity contribution in [1.29, 1.82) is 0 Å². The molecule has 0 aromatic heterocycles. The standard InChI is InChI=1S/C18H20O4/c1-12-6-5-7-14(8-12)11-22-17-15(10-19)13(2)9-16(20-3)18(17)21-4/h5-10H,11H2,1-4H3. The van der Waals surface area contributed by atoms with Crippen LogP contribution in [0.15, 0.2) is 30.3 Å². The molecule has 4 heteroatoms. The Morgan fingerprint density at radius 2 is 1.82 bits per heavy atom. The number of ether oxygens (including phenoxy) is 3. The van der Waals surface area contributed by atoms with Crippen LogP contribution in [0.25, 0.3) is 0 Å². The summed E-state index contributed by atoms with van der Waals surface area (Å²) in [6.45, 7) is 4.22. The van der Waals surface area contributed by atoms with Crippen molar-refractivity contribution in [2.75, 3.05) is 14.2 Å². The second-order valence-electron chi connectivity index (χ2n) is 5.07. The van der Waals surface area contributed by atoms with Crippen LogP contribution in [0.5, 0.6) is 17.2 Å². The van der Waals surface area contributed by atoms with E-state index in [4.69, 9.17) is 14.2 Å². The minimum Gasteiger partial charge on any atom is -0.493 e. The van der Waals surface area contributed by atoms with Crippen LogP contribution in [0, 0.1) is 13.8 Å². The number of carbonyl (C=O) groups excluding carboxylic acids is 1. The van der Waals surface area contributed by atoms with E-state index in [1.54, 1.807) is 13.2 Å². The lowest BCUT2D eigenvalue weighted by Crippen LogP contribution is -2.04. The monoisotopic (exact) mass is 300 g/mol. The SMILES string of the molecule is COc1cc(C)c(C=O)c(OCc2cccc(C)c2)c1OC. The number of hydrogen-bond acceptors (Lipinski definition) is 4. The van der Waals surface area contributed by atoms with Crippen LogP contribution in [-0.4, -0.2) is 20.5 Å². The van der Waals surface area contributed by atoms with E-state index in [-0.39, 0.29) is 0 Å². The van der Waals surface area contributed by atoms with Crippen LogP contribution < -0.4 is 14.2 Å². The summed E-state index contributed by atoms with van der Waals surface area (Å²) in [6, 6.07) is 9.79. The minimum atomic E-state index is 0.353. The Kier molecular flexibility index (Phi) is 5.04. The first-order valence-corrected chi connectivity index (χ1v) is 6.99. The van der Waals surface area contributed by atoms with E-state index in [1.807, 2.05) is 38.1 Å². The molecule has 0 aliphatic carbocycles. The summed E-state index contributed by atoms with van der Waals surface area (Å²) in [4.78, 5) is 11.4. The first-order chi connectivity index (χ1) is 10.6. The van der Waals surface area contributed by atoms with Gasteiger partial charge in [0.15, 0.2) is 17.8 Å². The smallest absolute Gasteiger partial charge is 0.204 e. The molecule has 0 radical (unpaired) electrons. The lowest BCUT2D eigenvalue weighted by atomic mass is 10.1. The van der Waals surface area contributed by atoms with Gasteiger partial charge in [-0.3, -0.25) is 4.79 Å². The van der Waals surface area contributed by atoms with E-state index in [1.165, 1.54) is 7.11 Å². The average Bonchev–Trinajstić information content (AvgIpc) is 2.52. The molecule has 0 unspecified atom stereocenters. The molecule has 0 bridgehead atoms. The van der Waals surface area contributed by atoms with Crippen molar-refractivity contribution in [2.45, 2.75) is 20.5 Å². The summed E-state index contributed by atoms with van der Waals surface area (Å²) < 4.78 is 16.6. The maximum absolute atomic E-state index is 11.4. The maximum atomic E-state index is 11.4. The second kappa shape index (κ2) is 6.98. The fraction of sp³-hybridized carbons (Fsp3) is 0.278. The molecule has 0 N–H and O–H groups in total. The highest BCUT2D eigenvalue weighted by atomic mass is 16.5. The number of methoxy groups -OCH3 is 2. The van der Waals surface area contributed by atoms with Gasteiger partial charge in [0.2, 0.25) is 5.75 Å². The van der Waals surface area contributed by atoms with Crippen LogP contribution in [0.3, 0.4) is 0 Å². The lowest BCUT2D eigenvalue weighted by Gasteiger charge is -2.17. The Balaban J connectivity index is 2.39. The summed E-state index contributed by atoms with van der Waals surface area (Å²) in [5, 5.41) is 0. The molecule has 0 heterocycles. The molecular weight excluding hydrogens is 280 g/mol. The zero-order valence-corrected chi connectivity index (χ0v) is 13.3. The number of benzene rings is 2. The van der Waals surface area contributed by atoms with Gasteiger partial charge >= 0.3 is 0 Å². The molecule has 0 atom stereocenters. The van der Waals surface area contributed by atoms with E-state index in [0.717, 1.165) is 23.0 Å². The van der Waals surface area contributed by atoms with Gasteiger partial charge in [0.25, 0.3) is 0 Å². The third-order valence-corrected chi connectivity index (χ3v) is 3.45. The van der Waals surface area contributed by atoms with Crippen LogP contribution >= 0.6 is 0 Å². The van der Waals surface area contributed by atoms with Gasteiger partial charge in [0.1, 0.15) is 6.61 Å². The van der Waals surface area contributed by atoms with Gasteiger partial charge in [-0.25, -0.2) is 0 Å². The first kappa shape index (κ1) is 15.9. The van der Waals surface area contributed by atoms with Gasteiger partial charge in [0, 0.05) is 0 Å². The van der Waals surface area contributed by atoms with Crippen molar-refractivity contribution in [3.63, 3.8) is 0 Å². The molecule has 0 fully saturated rings. The van der Waals surface area contributed by atoms with Crippen molar-refractivity contribution in [3.05, 3.63) is 52.6 Å². The van der Waals surface area contributed by atoms with E-state index in [9.17, 15) is 4.79 Å². The van der Waals surface area contributed by atoms with Crippen LogP contribution in [0.4, 0.5) is 0 Å². The third kappa shape index (κ3) is 3.22. The molecule has 0 aliphatic heterocycles. The summed E-state index contributed by atoms with van der Waals surface area (Å²) in [7, 11) is 3.09. The number of carbonyl (C=O) groups is 1. The van der Waals surface area contributed by atoms with Crippen molar-refractivity contribution in [3.8, 4) is 17.2 Å². The van der Waals surface area contributed by atoms with Gasteiger partial charge < -0.3 is 14.2 Å². The molecular formula is C18H20O4. The van der Waals surface area contributed by atoms with E-state index >= 15 is 0 Å². The zero-order valence-electron chi connectivity index (χ0n) is 13.3. The van der Waals surface area contributed by atoms with Crippen LogP contribution in [0.2, 0.25) is 0 Å². The molecule has 4 nitrogen and oxygen atoms in total. The Labute approximate surface area is 130 Å². The summed E-state index contributed by atoms with van der Waals surface area (Å²) in [5.74, 6) is 1.39. The highest BCUT2D eigenvalue weighted by Crippen LogP contribution is 2.41. The summed E-state index contributed by atoms with van der Waals surface area (Å²) in [5.41, 5.74) is 3.45. The molecule has 0 spiro atoms. The molecule has 0 saturated carbocycles. The Bertz CT molecular complexity index is 677. The highest BCUT2D eigenvalue weighted by molar-refractivity contribution is 5.85. The van der Waals surface area contributed by atoms with E-state index in [0.29, 0.717) is 29.4 Å². The molecule has 0 amide bonds. The first-order valence-electron chi connectivity index (χ1n) is 6.99. The molecule has 2 aromatic carbocycles. The van der Waals surface area contributed by atoms with Gasteiger partial charge in [-0.1, -0.05) is 29.8 Å². The quantitative estimate of drug-likeness (QED) is 0.763. The normalized spacial score (nSPS) is 10.2. The molecule has 2 rings (SSSR count). The van der Waals surface area contributed by atoms with Crippen LogP contribution in [0.1, 0.15) is 27.0 Å². The van der Waals surface area contributed by atoms with E-state index < -0.39 is 0 Å². The topological polar surface area (TPSA) is 44.8 Å². The summed E-state index contributed by atoms with van der Waals surface area (Å²) in [6.07, 6.45) is 0.781. The predicted molar refractivity (Wildman–Crippen MR) is 85.2 cm³/mol. The van der Waals surface area contributed by atoms with Crippen molar-refractivity contribution >= 4 is 6.29 Å². The fourth-order valence-corrected chi connectivity index (χ4v) is 2.35. The van der Waals surface area contributed by atoms with Crippen LogP contribution in [-0.2, 0) is 6.61 Å². The Hall–Kier alpha value is -2.49. The predicted octanol–water partition coefficient (Wildman–Crippen LogP) is 3.71. The molecule has 116 valence electrons. The number of aldehydes is 1. The fourth-order valence-electron chi connectivity index (χ4n) is 2.35. The van der Waals surface area contributed by atoms with Crippen molar-refractivity contribution in [2.24, 2.45) is 0 Å². The molecule has 22 heavy (non-hydrogen) atoms. The molecule has 0 saturated heterocycles. The van der Waals surface area contributed by atoms with Gasteiger partial charge in [-0.15, -0.1) is 0 Å². The van der Waals surface area contributed by atoms with Crippen molar-refractivity contribution < 1.29 is 19.0 Å². The zero-order chi connectivity index (χ0) is 16.1. The molecule has 2 aromatic rings. The maximum Gasteiger partial charge on any atom is 0.204 e. The van der Waals surface area contributed by atoms with E-state index in [2.05, 4.69) is 0 Å². The number of aryl methyl sites for hydroxylation is 2. The largest absolute Gasteiger partial charge is 0.493 e. The Morgan fingerprint density at radius 1 is 1.05 bits per heavy atom. The highest BCUT2D eigenvalue weighted by Gasteiger charge is 2.19. The van der Waals surface area contributed by atoms with Crippen molar-refractivity contribution in [1.82, 2.24) is 0 Å². The lowest BCUT2D eigenvalue weighted by molar-refractivity contribution is 0.111. The third-order valence-electron chi connectivity index (χ3n) is 3.45. The van der Waals surface area contributed by atoms with Gasteiger partial charge in [-0.2, -0.15) is 0 Å². The number of hydrogen-bond donors (Lipinski definition) is 0. The summed E-state index contributed by atoms with van der Waals surface area (Å²) >= 11 is 0. The Morgan fingerprint density at radius 3 is 2.41 bits per heavy atom. The van der Waals surface area contributed by atoms with Gasteiger partial charge in [-0.05, 0) is 31.0 Å². The number of rotatable bonds is 6. The van der Waals surface area contributed by atoms with Gasteiger partial charge in [0.05, 0.1) is 19.8 Å². The second-order valence-corrected chi connectivity index (χ2v) is 5.07. The molecule has 0 aliphatic rings.